The fourth-order valence-corrected chi connectivity index (χ4v) is 3.36. The summed E-state index contributed by atoms with van der Waals surface area (Å²) in [6, 6.07) is 24.4. The lowest BCUT2D eigenvalue weighted by Crippen LogP contribution is -1.85. The first-order valence-electron chi connectivity index (χ1n) is 7.68. The highest BCUT2D eigenvalue weighted by atomic mass is 79.9. The summed E-state index contributed by atoms with van der Waals surface area (Å²) in [4.78, 5) is 15.0. The molecule has 1 heterocycles. The third-order valence-electron chi connectivity index (χ3n) is 4.20. The Labute approximate surface area is 148 Å². The number of hydrogen-bond acceptors (Lipinski definition) is 1. The lowest BCUT2D eigenvalue weighted by atomic mass is 10.0. The molecule has 4 aromatic rings. The predicted octanol–water partition coefficient (Wildman–Crippen LogP) is 6.08. The summed E-state index contributed by atoms with van der Waals surface area (Å²) in [5.41, 5.74) is 5.86. The number of rotatable bonds is 3. The molecule has 1 N–H and O–H groups in total. The molecular formula is C21H14BrNO. The second kappa shape index (κ2) is 6.10. The lowest BCUT2D eigenvalue weighted by Gasteiger charge is -2.04. The molecule has 0 bridgehead atoms. The van der Waals surface area contributed by atoms with Crippen LogP contribution in [0.25, 0.3) is 33.3 Å². The largest absolute Gasteiger partial charge is 0.354 e. The van der Waals surface area contributed by atoms with Crippen molar-refractivity contribution >= 4 is 33.1 Å². The molecule has 0 atom stereocenters. The number of fused-ring (bicyclic) bond motifs is 1. The van der Waals surface area contributed by atoms with Gasteiger partial charge in [0.15, 0.2) is 6.29 Å². The summed E-state index contributed by atoms with van der Waals surface area (Å²) in [5.74, 6) is 0. The van der Waals surface area contributed by atoms with E-state index in [1.807, 2.05) is 36.4 Å². The molecular weight excluding hydrogens is 362 g/mol. The smallest absolute Gasteiger partial charge is 0.152 e. The zero-order valence-electron chi connectivity index (χ0n) is 12.8. The minimum absolute atomic E-state index is 0.693. The monoisotopic (exact) mass is 375 g/mol. The van der Waals surface area contributed by atoms with E-state index in [9.17, 15) is 4.79 Å². The summed E-state index contributed by atoms with van der Waals surface area (Å²) in [7, 11) is 0. The van der Waals surface area contributed by atoms with Crippen molar-refractivity contribution in [2.75, 3.05) is 0 Å². The second-order valence-electron chi connectivity index (χ2n) is 5.66. The van der Waals surface area contributed by atoms with Gasteiger partial charge in [0.25, 0.3) is 0 Å². The second-order valence-corrected chi connectivity index (χ2v) is 6.58. The molecule has 0 saturated heterocycles. The van der Waals surface area contributed by atoms with Crippen molar-refractivity contribution in [1.29, 1.82) is 0 Å². The van der Waals surface area contributed by atoms with E-state index in [0.29, 0.717) is 5.56 Å². The van der Waals surface area contributed by atoms with E-state index in [1.54, 1.807) is 0 Å². The van der Waals surface area contributed by atoms with Gasteiger partial charge in [0, 0.05) is 20.9 Å². The fraction of sp³-hybridized carbons (Fsp3) is 0. The van der Waals surface area contributed by atoms with Gasteiger partial charge in [-0.25, -0.2) is 0 Å². The average molecular weight is 376 g/mol. The Kier molecular flexibility index (Phi) is 3.79. The van der Waals surface area contributed by atoms with Gasteiger partial charge in [0.05, 0.1) is 5.69 Å². The molecule has 3 heteroatoms. The lowest BCUT2D eigenvalue weighted by molar-refractivity contribution is 0.112. The van der Waals surface area contributed by atoms with E-state index in [-0.39, 0.29) is 0 Å². The van der Waals surface area contributed by atoms with Crippen LogP contribution >= 0.6 is 15.9 Å². The number of aromatic amines is 1. The Morgan fingerprint density at radius 1 is 0.792 bits per heavy atom. The maximum Gasteiger partial charge on any atom is 0.152 e. The normalized spacial score (nSPS) is 10.9. The first kappa shape index (κ1) is 14.9. The summed E-state index contributed by atoms with van der Waals surface area (Å²) in [6.07, 6.45) is 0.922. The molecule has 1 aromatic heterocycles. The van der Waals surface area contributed by atoms with Crippen molar-refractivity contribution in [2.24, 2.45) is 0 Å². The van der Waals surface area contributed by atoms with E-state index < -0.39 is 0 Å². The van der Waals surface area contributed by atoms with Crippen molar-refractivity contribution in [3.8, 4) is 22.4 Å². The van der Waals surface area contributed by atoms with Crippen LogP contribution in [0.3, 0.4) is 0 Å². The highest BCUT2D eigenvalue weighted by Gasteiger charge is 2.13. The van der Waals surface area contributed by atoms with Crippen molar-refractivity contribution in [2.45, 2.75) is 0 Å². The van der Waals surface area contributed by atoms with E-state index in [1.165, 1.54) is 5.56 Å². The Balaban J connectivity index is 1.82. The van der Waals surface area contributed by atoms with Gasteiger partial charge in [0.1, 0.15) is 0 Å². The molecule has 0 aliphatic rings. The molecule has 24 heavy (non-hydrogen) atoms. The molecule has 0 unspecified atom stereocenters. The maximum absolute atomic E-state index is 11.6. The van der Waals surface area contributed by atoms with Crippen molar-refractivity contribution in [1.82, 2.24) is 4.98 Å². The molecule has 2 nitrogen and oxygen atoms in total. The Hall–Kier alpha value is -2.65. The van der Waals surface area contributed by atoms with Crippen LogP contribution < -0.4 is 0 Å². The van der Waals surface area contributed by atoms with Crippen LogP contribution in [0.2, 0.25) is 0 Å². The topological polar surface area (TPSA) is 32.9 Å². The molecule has 116 valence electrons. The van der Waals surface area contributed by atoms with Gasteiger partial charge in [-0.3, -0.25) is 4.79 Å². The molecule has 0 aliphatic heterocycles. The summed E-state index contributed by atoms with van der Waals surface area (Å²) in [6.45, 7) is 0. The van der Waals surface area contributed by atoms with Crippen LogP contribution in [0.1, 0.15) is 10.4 Å². The predicted molar refractivity (Wildman–Crippen MR) is 102 cm³/mol. The molecule has 3 aromatic carbocycles. The van der Waals surface area contributed by atoms with Gasteiger partial charge in [-0.1, -0.05) is 70.5 Å². The SMILES string of the molecule is O=Cc1c(-c2ccc(-c3ccccc3)cc2)[nH]c2ccc(Br)cc12. The number of carbonyl (C=O) groups is 1. The third kappa shape index (κ3) is 2.57. The maximum atomic E-state index is 11.6. The van der Waals surface area contributed by atoms with Crippen molar-refractivity contribution < 1.29 is 4.79 Å². The Morgan fingerprint density at radius 2 is 1.46 bits per heavy atom. The summed E-state index contributed by atoms with van der Waals surface area (Å²) < 4.78 is 0.961. The van der Waals surface area contributed by atoms with Crippen LogP contribution in [-0.2, 0) is 0 Å². The standard InChI is InChI=1S/C21H14BrNO/c22-17-10-11-20-18(12-17)19(13-24)21(23-20)16-8-6-15(7-9-16)14-4-2-1-3-5-14/h1-13,23H. The summed E-state index contributed by atoms with van der Waals surface area (Å²) in [5, 5.41) is 0.932. The fourth-order valence-electron chi connectivity index (χ4n) is 3.00. The molecule has 0 radical (unpaired) electrons. The quantitative estimate of drug-likeness (QED) is 0.432. The van der Waals surface area contributed by atoms with Crippen LogP contribution in [0.5, 0.6) is 0 Å². The van der Waals surface area contributed by atoms with Crippen LogP contribution in [0.4, 0.5) is 0 Å². The number of aldehydes is 1. The van der Waals surface area contributed by atoms with Gasteiger partial charge in [-0.15, -0.1) is 0 Å². The highest BCUT2D eigenvalue weighted by Crippen LogP contribution is 2.32. The zero-order chi connectivity index (χ0) is 16.5. The van der Waals surface area contributed by atoms with E-state index in [0.717, 1.165) is 38.5 Å². The number of halogens is 1. The van der Waals surface area contributed by atoms with E-state index >= 15 is 0 Å². The molecule has 0 spiro atoms. The number of H-pyrrole nitrogens is 1. The Bertz CT molecular complexity index is 1020. The molecule has 0 fully saturated rings. The number of carbonyl (C=O) groups excluding carboxylic acids is 1. The molecule has 0 amide bonds. The van der Waals surface area contributed by atoms with Crippen molar-refractivity contribution in [3.63, 3.8) is 0 Å². The molecule has 0 aliphatic carbocycles. The van der Waals surface area contributed by atoms with E-state index in [4.69, 9.17) is 0 Å². The van der Waals surface area contributed by atoms with Crippen LogP contribution in [0.15, 0.2) is 77.3 Å². The van der Waals surface area contributed by atoms with Gasteiger partial charge in [0.2, 0.25) is 0 Å². The zero-order valence-corrected chi connectivity index (χ0v) is 14.4. The minimum atomic E-state index is 0.693. The van der Waals surface area contributed by atoms with Gasteiger partial charge >= 0.3 is 0 Å². The Morgan fingerprint density at radius 3 is 2.17 bits per heavy atom. The number of aromatic nitrogens is 1. The van der Waals surface area contributed by atoms with Crippen LogP contribution in [-0.4, -0.2) is 11.3 Å². The highest BCUT2D eigenvalue weighted by molar-refractivity contribution is 9.10. The third-order valence-corrected chi connectivity index (χ3v) is 4.69. The molecule has 0 saturated carbocycles. The first-order chi connectivity index (χ1) is 11.8. The van der Waals surface area contributed by atoms with E-state index in [2.05, 4.69) is 57.3 Å². The number of hydrogen-bond donors (Lipinski definition) is 1. The van der Waals surface area contributed by atoms with Gasteiger partial charge in [-0.2, -0.15) is 0 Å². The number of benzene rings is 3. The van der Waals surface area contributed by atoms with Crippen LogP contribution in [0, 0.1) is 0 Å². The van der Waals surface area contributed by atoms with Crippen molar-refractivity contribution in [3.05, 3.63) is 82.8 Å². The first-order valence-corrected chi connectivity index (χ1v) is 8.48. The summed E-state index contributed by atoms with van der Waals surface area (Å²) >= 11 is 3.47. The van der Waals surface area contributed by atoms with Gasteiger partial charge < -0.3 is 4.98 Å². The van der Waals surface area contributed by atoms with Gasteiger partial charge in [-0.05, 0) is 34.9 Å². The minimum Gasteiger partial charge on any atom is -0.354 e. The average Bonchev–Trinajstić information content (AvgIpc) is 3.00. The molecule has 4 rings (SSSR count). The number of nitrogens with one attached hydrogen (secondary N) is 1.